The molecule has 3 rings (SSSR count). The molecule has 3 aromatic rings. The molecule has 1 heterocycles. The normalized spacial score (nSPS) is 10.8. The van der Waals surface area contributed by atoms with E-state index in [1.807, 2.05) is 24.4 Å². The maximum absolute atomic E-state index is 6.12. The van der Waals surface area contributed by atoms with Gasteiger partial charge in [0.2, 0.25) is 0 Å². The third-order valence-electron chi connectivity index (χ3n) is 4.11. The number of ether oxygens (including phenoxy) is 1. The fourth-order valence-corrected chi connectivity index (χ4v) is 3.07. The zero-order valence-electron chi connectivity index (χ0n) is 15.6. The molecule has 0 atom stereocenters. The van der Waals surface area contributed by atoms with Gasteiger partial charge in [0.15, 0.2) is 5.11 Å². The van der Waals surface area contributed by atoms with E-state index < -0.39 is 0 Å². The summed E-state index contributed by atoms with van der Waals surface area (Å²) in [5, 5.41) is 8.14. The van der Waals surface area contributed by atoms with Crippen molar-refractivity contribution in [2.24, 2.45) is 5.10 Å². The first-order valence-electron chi connectivity index (χ1n) is 8.69. The minimum atomic E-state index is 0.370. The molecule has 7 heteroatoms. The molecule has 0 aliphatic rings. The van der Waals surface area contributed by atoms with Crippen LogP contribution in [0.5, 0.6) is 5.75 Å². The fraction of sp³-hybridized carbons (Fsp3) is 0.143. The molecule has 0 aliphatic carbocycles. The van der Waals surface area contributed by atoms with Crippen LogP contribution in [0.15, 0.2) is 65.9 Å². The molecule has 2 aromatic carbocycles. The quantitative estimate of drug-likeness (QED) is 0.346. The van der Waals surface area contributed by atoms with Crippen LogP contribution in [0.25, 0.3) is 0 Å². The van der Waals surface area contributed by atoms with Crippen molar-refractivity contribution in [3.8, 4) is 5.75 Å². The van der Waals surface area contributed by atoms with E-state index in [2.05, 4.69) is 51.6 Å². The summed E-state index contributed by atoms with van der Waals surface area (Å²) in [6.45, 7) is 2.86. The molecular weight excluding hydrogens is 392 g/mol. The summed E-state index contributed by atoms with van der Waals surface area (Å²) < 4.78 is 7.26. The third kappa shape index (κ3) is 5.34. The Kier molecular flexibility index (Phi) is 6.68. The van der Waals surface area contributed by atoms with Crippen molar-refractivity contribution < 1.29 is 4.74 Å². The lowest BCUT2D eigenvalue weighted by atomic mass is 10.1. The van der Waals surface area contributed by atoms with Crippen LogP contribution < -0.4 is 15.5 Å². The van der Waals surface area contributed by atoms with Crippen molar-refractivity contribution in [3.63, 3.8) is 0 Å². The number of rotatable bonds is 6. The van der Waals surface area contributed by atoms with Crippen LogP contribution in [0.4, 0.5) is 5.69 Å². The monoisotopic (exact) mass is 412 g/mol. The van der Waals surface area contributed by atoms with Crippen LogP contribution in [0, 0.1) is 6.92 Å². The smallest absolute Gasteiger partial charge is 0.191 e. The average molecular weight is 413 g/mol. The number of anilines is 1. The summed E-state index contributed by atoms with van der Waals surface area (Å²) in [5.41, 5.74) is 7.03. The van der Waals surface area contributed by atoms with Crippen molar-refractivity contribution in [2.75, 3.05) is 12.4 Å². The summed E-state index contributed by atoms with van der Waals surface area (Å²) in [5.74, 6) is 0.610. The number of halogens is 1. The molecular formula is C21H21ClN4OS. The first kappa shape index (κ1) is 19.9. The largest absolute Gasteiger partial charge is 0.495 e. The van der Waals surface area contributed by atoms with Gasteiger partial charge >= 0.3 is 0 Å². The number of hydrazone groups is 1. The van der Waals surface area contributed by atoms with Crippen LogP contribution in [-0.2, 0) is 6.54 Å². The SMILES string of the molecule is COc1ccc(NC(=S)N/N=C/c2cccn2Cc2ccc(C)cc2)cc1Cl. The van der Waals surface area contributed by atoms with Crippen molar-refractivity contribution >= 4 is 40.8 Å². The van der Waals surface area contributed by atoms with Crippen LogP contribution >= 0.6 is 23.8 Å². The molecule has 5 nitrogen and oxygen atoms in total. The number of hydrogen-bond donors (Lipinski definition) is 2. The van der Waals surface area contributed by atoms with Gasteiger partial charge in [-0.3, -0.25) is 5.43 Å². The van der Waals surface area contributed by atoms with E-state index in [1.165, 1.54) is 11.1 Å². The zero-order valence-corrected chi connectivity index (χ0v) is 17.2. The summed E-state index contributed by atoms with van der Waals surface area (Å²) in [4.78, 5) is 0. The highest BCUT2D eigenvalue weighted by Gasteiger charge is 2.03. The highest BCUT2D eigenvalue weighted by molar-refractivity contribution is 7.80. The highest BCUT2D eigenvalue weighted by Crippen LogP contribution is 2.27. The summed E-state index contributed by atoms with van der Waals surface area (Å²) in [7, 11) is 1.57. The van der Waals surface area contributed by atoms with Gasteiger partial charge in [-0.2, -0.15) is 5.10 Å². The Morgan fingerprint density at radius 1 is 1.21 bits per heavy atom. The number of aryl methyl sites for hydroxylation is 1. The van der Waals surface area contributed by atoms with Gasteiger partial charge in [0.25, 0.3) is 0 Å². The minimum Gasteiger partial charge on any atom is -0.495 e. The van der Waals surface area contributed by atoms with Gasteiger partial charge in [-0.25, -0.2) is 0 Å². The standard InChI is InChI=1S/C21H21ClN4OS/c1-15-5-7-16(8-6-15)14-26-11-3-4-18(26)13-23-25-21(28)24-17-9-10-20(27-2)19(22)12-17/h3-13H,14H2,1-2H3,(H2,24,25,28)/b23-13+. The molecule has 0 radical (unpaired) electrons. The van der Waals surface area contributed by atoms with Gasteiger partial charge in [0, 0.05) is 18.4 Å². The first-order valence-corrected chi connectivity index (χ1v) is 9.48. The number of benzene rings is 2. The lowest BCUT2D eigenvalue weighted by Crippen LogP contribution is -2.24. The van der Waals surface area contributed by atoms with Crippen LogP contribution in [0.2, 0.25) is 5.02 Å². The van der Waals surface area contributed by atoms with Gasteiger partial charge in [-0.1, -0.05) is 41.4 Å². The Hall–Kier alpha value is -2.83. The summed E-state index contributed by atoms with van der Waals surface area (Å²) in [6.07, 6.45) is 3.76. The molecule has 0 spiro atoms. The highest BCUT2D eigenvalue weighted by atomic mass is 35.5. The Bertz CT molecular complexity index is 982. The molecule has 0 unspecified atom stereocenters. The fourth-order valence-electron chi connectivity index (χ4n) is 2.64. The molecule has 0 amide bonds. The van der Waals surface area contributed by atoms with Crippen LogP contribution in [0.1, 0.15) is 16.8 Å². The summed E-state index contributed by atoms with van der Waals surface area (Å²) in [6, 6.07) is 17.8. The maximum Gasteiger partial charge on any atom is 0.191 e. The number of aromatic nitrogens is 1. The molecule has 1 aromatic heterocycles. The minimum absolute atomic E-state index is 0.370. The van der Waals surface area contributed by atoms with E-state index >= 15 is 0 Å². The van der Waals surface area contributed by atoms with Gasteiger partial charge in [-0.15, -0.1) is 0 Å². The van der Waals surface area contributed by atoms with E-state index in [1.54, 1.807) is 25.5 Å². The number of nitrogens with zero attached hydrogens (tertiary/aromatic N) is 2. The van der Waals surface area contributed by atoms with E-state index in [0.29, 0.717) is 15.9 Å². The number of hydrogen-bond acceptors (Lipinski definition) is 3. The topological polar surface area (TPSA) is 50.6 Å². The Morgan fingerprint density at radius 2 is 2.00 bits per heavy atom. The number of methoxy groups -OCH3 is 1. The van der Waals surface area contributed by atoms with Crippen molar-refractivity contribution in [1.29, 1.82) is 0 Å². The van der Waals surface area contributed by atoms with Gasteiger partial charge in [0.05, 0.1) is 24.0 Å². The van der Waals surface area contributed by atoms with Crippen LogP contribution in [0.3, 0.4) is 0 Å². The van der Waals surface area contributed by atoms with E-state index in [9.17, 15) is 0 Å². The second-order valence-electron chi connectivity index (χ2n) is 6.22. The van der Waals surface area contributed by atoms with E-state index in [-0.39, 0.29) is 0 Å². The molecule has 0 saturated carbocycles. The third-order valence-corrected chi connectivity index (χ3v) is 4.60. The van der Waals surface area contributed by atoms with Crippen molar-refractivity contribution in [2.45, 2.75) is 13.5 Å². The molecule has 2 N–H and O–H groups in total. The molecule has 144 valence electrons. The van der Waals surface area contributed by atoms with E-state index in [0.717, 1.165) is 17.9 Å². The van der Waals surface area contributed by atoms with Gasteiger partial charge < -0.3 is 14.6 Å². The average Bonchev–Trinajstić information content (AvgIpc) is 3.11. The van der Waals surface area contributed by atoms with E-state index in [4.69, 9.17) is 28.6 Å². The zero-order chi connectivity index (χ0) is 19.9. The predicted molar refractivity (Wildman–Crippen MR) is 120 cm³/mol. The molecule has 0 bridgehead atoms. The Balaban J connectivity index is 1.57. The van der Waals surface area contributed by atoms with Gasteiger partial charge in [-0.05, 0) is 55.0 Å². The van der Waals surface area contributed by atoms with Crippen molar-refractivity contribution in [1.82, 2.24) is 9.99 Å². The molecule has 28 heavy (non-hydrogen) atoms. The number of nitrogens with one attached hydrogen (secondary N) is 2. The van der Waals surface area contributed by atoms with Gasteiger partial charge in [0.1, 0.15) is 5.75 Å². The Labute approximate surface area is 175 Å². The lowest BCUT2D eigenvalue weighted by molar-refractivity contribution is 0.415. The number of thiocarbonyl (C=S) groups is 1. The molecule has 0 fully saturated rings. The summed E-state index contributed by atoms with van der Waals surface area (Å²) >= 11 is 11.4. The Morgan fingerprint density at radius 3 is 2.71 bits per heavy atom. The lowest BCUT2D eigenvalue weighted by Gasteiger charge is -2.09. The maximum atomic E-state index is 6.12. The second kappa shape index (κ2) is 9.39. The molecule has 0 saturated heterocycles. The predicted octanol–water partition coefficient (Wildman–Crippen LogP) is 4.83. The molecule has 0 aliphatic heterocycles. The first-order chi connectivity index (χ1) is 13.5. The second-order valence-corrected chi connectivity index (χ2v) is 7.04. The van der Waals surface area contributed by atoms with Crippen molar-refractivity contribution in [3.05, 3.63) is 82.6 Å². The van der Waals surface area contributed by atoms with Crippen LogP contribution in [-0.4, -0.2) is 23.0 Å².